The summed E-state index contributed by atoms with van der Waals surface area (Å²) < 4.78 is 22.9. The van der Waals surface area contributed by atoms with E-state index in [2.05, 4.69) is 6.92 Å². The fourth-order valence-corrected chi connectivity index (χ4v) is 3.52. The standard InChI is InChI=1S/C15H22N2O3S/c1-3-4-12-5-6-17(10-12)15(18)13-7-11(2)8-14(9-13)21(16,19)20/h7-9,12H,3-6,10H2,1-2H3,(H2,16,19,20). The SMILES string of the molecule is CCCC1CCN(C(=O)c2cc(C)cc(S(N)(=O)=O)c2)C1. The number of carbonyl (C=O) groups is 1. The Balaban J connectivity index is 2.22. The molecule has 0 bridgehead atoms. The number of likely N-dealkylation sites (tertiary alicyclic amines) is 1. The number of primary sulfonamides is 1. The van der Waals surface area contributed by atoms with Crippen molar-refractivity contribution in [3.8, 4) is 0 Å². The van der Waals surface area contributed by atoms with E-state index in [4.69, 9.17) is 5.14 Å². The maximum absolute atomic E-state index is 12.5. The first-order chi connectivity index (χ1) is 9.81. The van der Waals surface area contributed by atoms with Gasteiger partial charge in [-0.25, -0.2) is 13.6 Å². The van der Waals surface area contributed by atoms with E-state index in [1.54, 1.807) is 13.0 Å². The molecule has 0 aliphatic carbocycles. The lowest BCUT2D eigenvalue weighted by Gasteiger charge is -2.17. The van der Waals surface area contributed by atoms with Gasteiger partial charge in [-0.3, -0.25) is 4.79 Å². The van der Waals surface area contributed by atoms with Gasteiger partial charge in [0.2, 0.25) is 10.0 Å². The highest BCUT2D eigenvalue weighted by atomic mass is 32.2. The summed E-state index contributed by atoms with van der Waals surface area (Å²) in [6, 6.07) is 4.57. The van der Waals surface area contributed by atoms with Gasteiger partial charge in [0.15, 0.2) is 0 Å². The van der Waals surface area contributed by atoms with Gasteiger partial charge in [-0.1, -0.05) is 13.3 Å². The monoisotopic (exact) mass is 310 g/mol. The van der Waals surface area contributed by atoms with Crippen molar-refractivity contribution in [3.63, 3.8) is 0 Å². The normalized spacial score (nSPS) is 19.0. The molecule has 116 valence electrons. The van der Waals surface area contributed by atoms with Gasteiger partial charge in [0.25, 0.3) is 5.91 Å². The molecule has 1 aliphatic heterocycles. The minimum atomic E-state index is -3.79. The van der Waals surface area contributed by atoms with Crippen LogP contribution in [-0.2, 0) is 10.0 Å². The molecule has 0 radical (unpaired) electrons. The van der Waals surface area contributed by atoms with Gasteiger partial charge in [-0.2, -0.15) is 0 Å². The molecule has 1 aliphatic rings. The molecule has 0 aromatic heterocycles. The molecule has 6 heteroatoms. The third-order valence-electron chi connectivity index (χ3n) is 3.90. The predicted molar refractivity (Wildman–Crippen MR) is 81.5 cm³/mol. The van der Waals surface area contributed by atoms with E-state index in [1.807, 2.05) is 4.90 Å². The number of amides is 1. The van der Waals surface area contributed by atoms with Crippen molar-refractivity contribution < 1.29 is 13.2 Å². The minimum Gasteiger partial charge on any atom is -0.338 e. The van der Waals surface area contributed by atoms with E-state index in [9.17, 15) is 13.2 Å². The Kier molecular flexibility index (Phi) is 4.68. The molecular formula is C15H22N2O3S. The van der Waals surface area contributed by atoms with Gasteiger partial charge in [0.1, 0.15) is 0 Å². The zero-order valence-corrected chi connectivity index (χ0v) is 13.3. The van der Waals surface area contributed by atoms with Crippen LogP contribution in [0.25, 0.3) is 0 Å². The Labute approximate surface area is 126 Å². The Morgan fingerprint density at radius 2 is 2.10 bits per heavy atom. The van der Waals surface area contributed by atoms with Gasteiger partial charge in [-0.15, -0.1) is 0 Å². The van der Waals surface area contributed by atoms with Crippen LogP contribution in [0.15, 0.2) is 23.1 Å². The molecule has 21 heavy (non-hydrogen) atoms. The van der Waals surface area contributed by atoms with Crippen LogP contribution in [0.1, 0.15) is 42.1 Å². The Morgan fingerprint density at radius 3 is 2.71 bits per heavy atom. The third kappa shape index (κ3) is 3.83. The highest BCUT2D eigenvalue weighted by molar-refractivity contribution is 7.89. The summed E-state index contributed by atoms with van der Waals surface area (Å²) in [5.74, 6) is 0.448. The lowest BCUT2D eigenvalue weighted by atomic mass is 10.0. The van der Waals surface area contributed by atoms with Crippen molar-refractivity contribution in [2.45, 2.75) is 38.0 Å². The molecule has 0 spiro atoms. The molecule has 1 saturated heterocycles. The van der Waals surface area contributed by atoms with Crippen LogP contribution in [0.2, 0.25) is 0 Å². The number of rotatable bonds is 4. The molecule has 2 N–H and O–H groups in total. The van der Waals surface area contributed by atoms with Crippen LogP contribution < -0.4 is 5.14 Å². The number of nitrogens with zero attached hydrogens (tertiary/aromatic N) is 1. The van der Waals surface area contributed by atoms with Crippen LogP contribution in [0.5, 0.6) is 0 Å². The molecule has 1 unspecified atom stereocenters. The maximum Gasteiger partial charge on any atom is 0.253 e. The van der Waals surface area contributed by atoms with E-state index in [0.29, 0.717) is 17.0 Å². The number of hydrogen-bond acceptors (Lipinski definition) is 3. The van der Waals surface area contributed by atoms with Crippen LogP contribution >= 0.6 is 0 Å². The molecule has 1 atom stereocenters. The topological polar surface area (TPSA) is 80.5 Å². The molecule has 1 aromatic carbocycles. The van der Waals surface area contributed by atoms with E-state index < -0.39 is 10.0 Å². The van der Waals surface area contributed by atoms with Gasteiger partial charge in [0, 0.05) is 18.7 Å². The summed E-state index contributed by atoms with van der Waals surface area (Å²) in [7, 11) is -3.79. The Bertz CT molecular complexity index is 640. The number of carbonyl (C=O) groups excluding carboxylic acids is 1. The first-order valence-corrected chi connectivity index (χ1v) is 8.79. The molecule has 1 fully saturated rings. The Morgan fingerprint density at radius 1 is 1.38 bits per heavy atom. The molecule has 0 saturated carbocycles. The van der Waals surface area contributed by atoms with E-state index >= 15 is 0 Å². The van der Waals surface area contributed by atoms with Crippen molar-refractivity contribution in [1.29, 1.82) is 0 Å². The predicted octanol–water partition coefficient (Wildman–Crippen LogP) is 1.90. The summed E-state index contributed by atoms with van der Waals surface area (Å²) in [5, 5.41) is 5.16. The maximum atomic E-state index is 12.5. The zero-order chi connectivity index (χ0) is 15.6. The average molecular weight is 310 g/mol. The third-order valence-corrected chi connectivity index (χ3v) is 4.79. The number of benzene rings is 1. The summed E-state index contributed by atoms with van der Waals surface area (Å²) in [4.78, 5) is 14.3. The quantitative estimate of drug-likeness (QED) is 0.922. The largest absolute Gasteiger partial charge is 0.338 e. The first kappa shape index (κ1) is 16.0. The molecule has 1 aromatic rings. The lowest BCUT2D eigenvalue weighted by molar-refractivity contribution is 0.0786. The van der Waals surface area contributed by atoms with Crippen molar-refractivity contribution in [3.05, 3.63) is 29.3 Å². The number of nitrogens with two attached hydrogens (primary N) is 1. The van der Waals surface area contributed by atoms with Crippen LogP contribution in [0.4, 0.5) is 0 Å². The molecule has 2 rings (SSSR count). The minimum absolute atomic E-state index is 0.00449. The van der Waals surface area contributed by atoms with E-state index in [-0.39, 0.29) is 10.8 Å². The second-order valence-electron chi connectivity index (χ2n) is 5.77. The van der Waals surface area contributed by atoms with Crippen molar-refractivity contribution in [2.75, 3.05) is 13.1 Å². The molecule has 1 amide bonds. The van der Waals surface area contributed by atoms with E-state index in [1.165, 1.54) is 12.1 Å². The van der Waals surface area contributed by atoms with Gasteiger partial charge in [-0.05, 0) is 49.4 Å². The second kappa shape index (κ2) is 6.15. The highest BCUT2D eigenvalue weighted by Gasteiger charge is 2.27. The van der Waals surface area contributed by atoms with Gasteiger partial charge in [0.05, 0.1) is 4.90 Å². The van der Waals surface area contributed by atoms with Crippen LogP contribution in [0.3, 0.4) is 0 Å². The molecular weight excluding hydrogens is 288 g/mol. The fraction of sp³-hybridized carbons (Fsp3) is 0.533. The smallest absolute Gasteiger partial charge is 0.253 e. The van der Waals surface area contributed by atoms with Gasteiger partial charge < -0.3 is 4.90 Å². The highest BCUT2D eigenvalue weighted by Crippen LogP contribution is 2.23. The molecule has 1 heterocycles. The van der Waals surface area contributed by atoms with Crippen molar-refractivity contribution in [1.82, 2.24) is 4.90 Å². The fourth-order valence-electron chi connectivity index (χ4n) is 2.88. The lowest BCUT2D eigenvalue weighted by Crippen LogP contribution is -2.29. The number of aryl methyl sites for hydroxylation is 1. The summed E-state index contributed by atoms with van der Waals surface area (Å²) in [6.45, 7) is 5.40. The summed E-state index contributed by atoms with van der Waals surface area (Å²) in [5.41, 5.74) is 1.12. The zero-order valence-electron chi connectivity index (χ0n) is 12.5. The van der Waals surface area contributed by atoms with Gasteiger partial charge >= 0.3 is 0 Å². The van der Waals surface area contributed by atoms with Crippen molar-refractivity contribution >= 4 is 15.9 Å². The number of sulfonamides is 1. The van der Waals surface area contributed by atoms with Crippen molar-refractivity contribution in [2.24, 2.45) is 11.1 Å². The molecule has 5 nitrogen and oxygen atoms in total. The summed E-state index contributed by atoms with van der Waals surface area (Å²) in [6.07, 6.45) is 3.26. The van der Waals surface area contributed by atoms with Crippen LogP contribution in [-0.4, -0.2) is 32.3 Å². The number of hydrogen-bond donors (Lipinski definition) is 1. The van der Waals surface area contributed by atoms with Crippen LogP contribution in [0, 0.1) is 12.8 Å². The average Bonchev–Trinajstić information content (AvgIpc) is 2.85. The first-order valence-electron chi connectivity index (χ1n) is 7.25. The van der Waals surface area contributed by atoms with E-state index in [0.717, 1.165) is 32.4 Å². The Hall–Kier alpha value is -1.40. The summed E-state index contributed by atoms with van der Waals surface area (Å²) >= 11 is 0. The second-order valence-corrected chi connectivity index (χ2v) is 7.34.